The average molecular weight is 1140 g/mol. The molecule has 5 aromatic rings. The Morgan fingerprint density at radius 1 is 0.691 bits per heavy atom. The molecule has 5 aromatic carbocycles. The summed E-state index contributed by atoms with van der Waals surface area (Å²) in [6, 6.07) is 33.1. The minimum absolute atomic E-state index is 0.0177. The highest BCUT2D eigenvalue weighted by Gasteiger charge is 2.43. The first-order valence-corrected chi connectivity index (χ1v) is 26.7. The largest absolute Gasteiger partial charge is 0.416 e. The van der Waals surface area contributed by atoms with E-state index in [4.69, 9.17) is 14.2 Å². The number of carbonyl (C=O) groups excluding carboxylic acids is 3. The van der Waals surface area contributed by atoms with Crippen molar-refractivity contribution in [1.29, 1.82) is 0 Å². The fourth-order valence-corrected chi connectivity index (χ4v) is 10.2. The molecular weight excluding hydrogens is 1070 g/mol. The number of ether oxygens (including phenoxy) is 3. The Morgan fingerprint density at radius 2 is 1.19 bits per heavy atom. The molecule has 2 fully saturated rings. The van der Waals surface area contributed by atoms with Gasteiger partial charge in [-0.05, 0) is 105 Å². The molecule has 0 bridgehead atoms. The number of alkyl halides is 9. The van der Waals surface area contributed by atoms with Crippen molar-refractivity contribution in [3.05, 3.63) is 177 Å². The average Bonchev–Trinajstić information content (AvgIpc) is 3.87. The summed E-state index contributed by atoms with van der Waals surface area (Å²) in [5.41, 5.74) is -1.23. The van der Waals surface area contributed by atoms with E-state index < -0.39 is 64.5 Å². The predicted octanol–water partition coefficient (Wildman–Crippen LogP) is 11.9. The summed E-state index contributed by atoms with van der Waals surface area (Å²) in [6.45, 7) is 8.06. The summed E-state index contributed by atoms with van der Waals surface area (Å²) < 4.78 is 138. The smallest absolute Gasteiger partial charge is 0.372 e. The fraction of sp³-hybridized carbons (Fsp3) is 0.433. The number of aryl methyl sites for hydroxylation is 1. The quantitative estimate of drug-likeness (QED) is 0.0599. The zero-order chi connectivity index (χ0) is 58.6. The van der Waals surface area contributed by atoms with Crippen molar-refractivity contribution >= 4 is 23.6 Å². The molecular formula is C60H67F9N6O6. The first-order chi connectivity index (χ1) is 38.4. The zero-order valence-corrected chi connectivity index (χ0v) is 45.4. The van der Waals surface area contributed by atoms with E-state index in [9.17, 15) is 53.9 Å². The number of benzene rings is 5. The monoisotopic (exact) mass is 1140 g/mol. The number of halogens is 9. The number of amidine groups is 1. The highest BCUT2D eigenvalue weighted by atomic mass is 19.4. The molecule has 81 heavy (non-hydrogen) atoms. The Kier molecular flexibility index (Phi) is 20.6. The van der Waals surface area contributed by atoms with E-state index in [1.807, 2.05) is 103 Å². The minimum atomic E-state index is -4.97. The zero-order valence-electron chi connectivity index (χ0n) is 45.4. The molecule has 3 amide bonds. The SMILES string of the molecule is CCC1=NCC(=O)N1[C@H]1CC[C@@](CO[C@H](C)c2cc(C)cc(C(F)(F)F)c2)(c2ccccc2)NC1.C[C@@H](OC[C@@]1(c2ccccc2)CC[C@H](NC(=O)NCC(=O)COCc2ccccc2)CN1)c1cc(C(F)(F)F)cc(C(F)(F)F)c1. The highest BCUT2D eigenvalue weighted by Crippen LogP contribution is 2.40. The van der Waals surface area contributed by atoms with Gasteiger partial charge >= 0.3 is 24.6 Å². The molecule has 12 nitrogen and oxygen atoms in total. The molecule has 3 aliphatic heterocycles. The van der Waals surface area contributed by atoms with E-state index in [0.29, 0.717) is 55.7 Å². The van der Waals surface area contributed by atoms with Crippen molar-refractivity contribution in [3.63, 3.8) is 0 Å². The third-order valence-electron chi connectivity index (χ3n) is 14.8. The molecule has 0 saturated carbocycles. The normalized spacial score (nSPS) is 21.3. The number of rotatable bonds is 19. The summed E-state index contributed by atoms with van der Waals surface area (Å²) in [5, 5.41) is 12.4. The molecule has 436 valence electrons. The number of aliphatic imine (C=N–C) groups is 1. The van der Waals surface area contributed by atoms with Gasteiger partial charge in [0.2, 0.25) is 5.91 Å². The van der Waals surface area contributed by atoms with Crippen LogP contribution in [0.2, 0.25) is 0 Å². The van der Waals surface area contributed by atoms with Crippen LogP contribution < -0.4 is 21.3 Å². The van der Waals surface area contributed by atoms with Gasteiger partial charge in [0.1, 0.15) is 19.0 Å². The fourth-order valence-electron chi connectivity index (χ4n) is 10.2. The van der Waals surface area contributed by atoms with Crippen molar-refractivity contribution in [2.45, 2.75) is 120 Å². The van der Waals surface area contributed by atoms with Gasteiger partial charge in [-0.15, -0.1) is 0 Å². The molecule has 8 rings (SSSR count). The van der Waals surface area contributed by atoms with E-state index >= 15 is 0 Å². The van der Waals surface area contributed by atoms with Gasteiger partial charge in [0.15, 0.2) is 5.78 Å². The van der Waals surface area contributed by atoms with Crippen LogP contribution in [0.3, 0.4) is 0 Å². The number of piperidine rings is 2. The summed E-state index contributed by atoms with van der Waals surface area (Å²) in [6.07, 6.45) is -12.9. The van der Waals surface area contributed by atoms with E-state index in [1.54, 1.807) is 19.9 Å². The van der Waals surface area contributed by atoms with Gasteiger partial charge in [0, 0.05) is 25.6 Å². The van der Waals surface area contributed by atoms with Crippen LogP contribution in [0.4, 0.5) is 44.3 Å². The standard InChI is InChI=1S/C33H35F6N3O4.C27H32F3N3O2/c1-22(24-14-26(32(34,35)36)16-27(15-24)33(37,38)39)46-21-31(25-10-6-3-7-11-25)13-12-28(17-41-31)42-30(44)40-18-29(43)20-45-19-23-8-4-2-5-9-23;1-4-24-31-16-25(34)33(24)23-10-11-26(32-15-23,21-8-6-5-7-9-21)17-35-19(3)20-12-18(2)13-22(14-20)27(28,29)30/h2-11,14-16,22,28,41H,12-13,17-21H2,1H3,(H2,40,42,44);5-9,12-14,19,23,32H,4,10-11,15-17H2,1-3H3/t22-,28+,31-;19-,23+,26-/m11/s1. The number of hydrogen-bond donors (Lipinski definition) is 4. The van der Waals surface area contributed by atoms with Crippen molar-refractivity contribution in [1.82, 2.24) is 26.2 Å². The number of ketones is 1. The molecule has 2 saturated heterocycles. The van der Waals surface area contributed by atoms with Crippen molar-refractivity contribution in [2.24, 2.45) is 4.99 Å². The minimum Gasteiger partial charge on any atom is -0.372 e. The van der Waals surface area contributed by atoms with Gasteiger partial charge in [-0.25, -0.2) is 4.79 Å². The maximum absolute atomic E-state index is 13.4. The van der Waals surface area contributed by atoms with Gasteiger partial charge in [0.25, 0.3) is 0 Å². The Labute approximate surface area is 465 Å². The Morgan fingerprint density at radius 3 is 1.67 bits per heavy atom. The Balaban J connectivity index is 0.000000242. The van der Waals surface area contributed by atoms with Crippen LogP contribution in [0.15, 0.2) is 132 Å². The lowest BCUT2D eigenvalue weighted by Crippen LogP contribution is -2.58. The van der Waals surface area contributed by atoms with Gasteiger partial charge in [-0.2, -0.15) is 39.5 Å². The Bertz CT molecular complexity index is 2880. The number of Topliss-reactive ketones (excluding diaryl/α,β-unsaturated/α-hetero) is 1. The number of nitrogens with zero attached hydrogens (tertiary/aromatic N) is 2. The summed E-state index contributed by atoms with van der Waals surface area (Å²) in [7, 11) is 0. The number of nitrogens with one attached hydrogen (secondary N) is 4. The Hall–Kier alpha value is -6.65. The summed E-state index contributed by atoms with van der Waals surface area (Å²) in [4.78, 5) is 43.3. The van der Waals surface area contributed by atoms with Crippen LogP contribution >= 0.6 is 0 Å². The molecule has 3 aliphatic rings. The molecule has 0 radical (unpaired) electrons. The molecule has 0 aliphatic carbocycles. The van der Waals surface area contributed by atoms with Gasteiger partial charge in [0.05, 0.1) is 72.4 Å². The lowest BCUT2D eigenvalue weighted by Gasteiger charge is -2.44. The van der Waals surface area contributed by atoms with Crippen molar-refractivity contribution in [3.8, 4) is 0 Å². The first kappa shape index (κ1) is 62.0. The van der Waals surface area contributed by atoms with Crippen LogP contribution in [0, 0.1) is 6.92 Å². The second kappa shape index (κ2) is 27.0. The second-order valence-electron chi connectivity index (χ2n) is 20.7. The third-order valence-corrected chi connectivity index (χ3v) is 14.8. The van der Waals surface area contributed by atoms with E-state index in [0.717, 1.165) is 41.4 Å². The maximum atomic E-state index is 13.4. The molecule has 21 heteroatoms. The van der Waals surface area contributed by atoms with Crippen LogP contribution in [-0.2, 0) is 60.0 Å². The number of urea groups is 1. The van der Waals surface area contributed by atoms with Crippen molar-refractivity contribution < 1.29 is 68.1 Å². The number of amides is 3. The first-order valence-electron chi connectivity index (χ1n) is 26.7. The van der Waals surface area contributed by atoms with E-state index in [2.05, 4.69) is 26.3 Å². The van der Waals surface area contributed by atoms with Crippen LogP contribution in [0.25, 0.3) is 0 Å². The maximum Gasteiger partial charge on any atom is 0.416 e. The van der Waals surface area contributed by atoms with Crippen molar-refractivity contribution in [2.75, 3.05) is 46.0 Å². The molecule has 3 heterocycles. The third kappa shape index (κ3) is 16.7. The molecule has 6 atom stereocenters. The van der Waals surface area contributed by atoms with Gasteiger partial charge < -0.3 is 35.5 Å². The van der Waals surface area contributed by atoms with Crippen LogP contribution in [-0.4, -0.2) is 86.5 Å². The number of carbonyl (C=O) groups is 3. The molecule has 0 unspecified atom stereocenters. The topological polar surface area (TPSA) is 143 Å². The molecule has 0 aromatic heterocycles. The van der Waals surface area contributed by atoms with Gasteiger partial charge in [-0.1, -0.05) is 110 Å². The van der Waals surface area contributed by atoms with E-state index in [-0.39, 0.29) is 74.9 Å². The second-order valence-corrected chi connectivity index (χ2v) is 20.7. The van der Waals surface area contributed by atoms with E-state index in [1.165, 1.54) is 13.0 Å². The van der Waals surface area contributed by atoms with Gasteiger partial charge in [-0.3, -0.25) is 19.5 Å². The number of hydrogen-bond acceptors (Lipinski definition) is 9. The predicted molar refractivity (Wildman–Crippen MR) is 287 cm³/mol. The van der Waals surface area contributed by atoms with Crippen LogP contribution in [0.5, 0.6) is 0 Å². The van der Waals surface area contributed by atoms with Crippen LogP contribution in [0.1, 0.15) is 115 Å². The highest BCUT2D eigenvalue weighted by molar-refractivity contribution is 6.04. The molecule has 4 N–H and O–H groups in total. The lowest BCUT2D eigenvalue weighted by atomic mass is 9.81. The summed E-state index contributed by atoms with van der Waals surface area (Å²) in [5.74, 6) is 0.565. The lowest BCUT2D eigenvalue weighted by molar-refractivity contribution is -0.143. The molecule has 0 spiro atoms. The summed E-state index contributed by atoms with van der Waals surface area (Å²) >= 11 is 0.